The second-order valence-corrected chi connectivity index (χ2v) is 0.565. The maximum atomic E-state index is 8.56. The molecule has 0 heterocycles. The van der Waals surface area contributed by atoms with Crippen molar-refractivity contribution >= 4 is 126 Å². The molecular weight excluding hydrogens is 311 g/mol. The van der Waals surface area contributed by atoms with Crippen LogP contribution in [0.1, 0.15) is 9.99 Å². The zero-order valence-corrected chi connectivity index (χ0v) is 17.5. The predicted molar refractivity (Wildman–Crippen MR) is 53.6 cm³/mol. The molecule has 0 aliphatic carbocycles. The number of rotatable bonds is 0. The fraction of sp³-hybridized carbons (Fsp3) is 0. The second kappa shape index (κ2) is 43.6. The Labute approximate surface area is 222 Å². The Morgan fingerprint density at radius 1 is 0.714 bits per heavy atom. The summed E-state index contributed by atoms with van der Waals surface area (Å²) in [7, 11) is 0. The third kappa shape index (κ3) is 234. The van der Waals surface area contributed by atoms with Crippen LogP contribution in [0.5, 0.6) is 0 Å². The Morgan fingerprint density at radius 3 is 0.714 bits per heavy atom. The summed E-state index contributed by atoms with van der Waals surface area (Å²) >= 11 is 0. The van der Waals surface area contributed by atoms with E-state index in [2.05, 4.69) is 0 Å². The van der Waals surface area contributed by atoms with Gasteiger partial charge in [0.25, 0.3) is 0 Å². The predicted octanol–water partition coefficient (Wildman–Crippen LogP) is -4.56. The second-order valence-electron chi connectivity index (χ2n) is 0.565. The first-order valence-corrected chi connectivity index (χ1v) is 1.30. The SMILES string of the molecule is O.O.O=C(O)O.O=C(O)O.[Ca+2].[Ca+2].[Ca+2].[H-].[H-].[H-].[H-].[H-].[H-].[H-].[K+]. The Hall–Kier alpha value is 3.88. The molecule has 0 radical (unpaired) electrons. The molecule has 0 saturated carbocycles. The van der Waals surface area contributed by atoms with Crippen LogP contribution in [0, 0.1) is 0 Å². The molecule has 0 amide bonds. The van der Waals surface area contributed by atoms with Crippen LogP contribution in [0.4, 0.5) is 9.59 Å². The average molecular weight is 326 g/mol. The molecule has 0 atom stereocenters. The molecular formula is C2H15Ca3KO8. The average Bonchev–Trinajstić information content (AvgIpc) is 1.25. The van der Waals surface area contributed by atoms with Gasteiger partial charge in [-0.3, -0.25) is 0 Å². The van der Waals surface area contributed by atoms with Crippen LogP contribution in [-0.2, 0) is 0 Å². The molecule has 0 fully saturated rings. The van der Waals surface area contributed by atoms with Crippen molar-refractivity contribution in [3.8, 4) is 0 Å². The molecule has 0 aromatic rings. The monoisotopic (exact) mass is 326 g/mol. The molecule has 8 N–H and O–H groups in total. The first-order chi connectivity index (χ1) is 3.46. The topological polar surface area (TPSA) is 178 Å². The van der Waals surface area contributed by atoms with Gasteiger partial charge in [-0.15, -0.1) is 0 Å². The van der Waals surface area contributed by atoms with Crippen LogP contribution in [0.15, 0.2) is 0 Å². The third-order valence-electron chi connectivity index (χ3n) is 0. The van der Waals surface area contributed by atoms with E-state index in [1.807, 2.05) is 0 Å². The van der Waals surface area contributed by atoms with E-state index in [-0.39, 0.29) is 186 Å². The first-order valence-electron chi connectivity index (χ1n) is 1.30. The number of carbonyl (C=O) groups is 2. The Balaban J connectivity index is -0.00000000163. The van der Waals surface area contributed by atoms with Crippen molar-refractivity contribution in [2.75, 3.05) is 0 Å². The molecule has 0 bridgehead atoms. The van der Waals surface area contributed by atoms with E-state index in [0.717, 1.165) is 0 Å². The summed E-state index contributed by atoms with van der Waals surface area (Å²) in [4.78, 5) is 17.1. The summed E-state index contributed by atoms with van der Waals surface area (Å²) < 4.78 is 0. The minimum absolute atomic E-state index is 0. The standard InChI is InChI=1S/2CH2O3.3Ca.K.2H2O.7H/c2*2-1(3)4;;;;;;;;;;;;;/h2*(H2,2,3,4);;;;;2*1H2;;;;;;;/q;;3*+2;+1;;;7*-1. The molecule has 0 aliphatic rings. The van der Waals surface area contributed by atoms with Crippen LogP contribution in [0.3, 0.4) is 0 Å². The van der Waals surface area contributed by atoms with Gasteiger partial charge in [-0.05, 0) is 0 Å². The molecule has 78 valence electrons. The van der Waals surface area contributed by atoms with Crippen LogP contribution in [-0.4, -0.2) is 157 Å². The fourth-order valence-corrected chi connectivity index (χ4v) is 0. The van der Waals surface area contributed by atoms with Gasteiger partial charge in [-0.2, -0.15) is 0 Å². The summed E-state index contributed by atoms with van der Waals surface area (Å²) in [6, 6.07) is 0. The van der Waals surface area contributed by atoms with Crippen LogP contribution >= 0.6 is 0 Å². The maximum absolute atomic E-state index is 8.56. The molecule has 14 heavy (non-hydrogen) atoms. The minimum atomic E-state index is -1.83. The molecule has 0 saturated heterocycles. The van der Waals surface area contributed by atoms with Gasteiger partial charge in [0, 0.05) is 0 Å². The van der Waals surface area contributed by atoms with E-state index in [9.17, 15) is 0 Å². The van der Waals surface area contributed by atoms with E-state index in [1.54, 1.807) is 0 Å². The van der Waals surface area contributed by atoms with Crippen molar-refractivity contribution in [1.82, 2.24) is 0 Å². The Bertz CT molecular complexity index is 99.9. The van der Waals surface area contributed by atoms with Crippen LogP contribution in [0.2, 0.25) is 0 Å². The first kappa shape index (κ1) is 52.2. The fourth-order valence-electron chi connectivity index (χ4n) is 0. The van der Waals surface area contributed by atoms with Gasteiger partial charge in [0.2, 0.25) is 0 Å². The van der Waals surface area contributed by atoms with Crippen molar-refractivity contribution in [3.63, 3.8) is 0 Å². The number of carboxylic acid groups (broad SMARTS) is 4. The molecule has 12 heteroatoms. The summed E-state index contributed by atoms with van der Waals surface area (Å²) in [6.45, 7) is 0. The zero-order valence-electron chi connectivity index (χ0n) is 14.7. The molecule has 0 rings (SSSR count). The Kier molecular flexibility index (Phi) is 163. The van der Waals surface area contributed by atoms with Crippen molar-refractivity contribution in [3.05, 3.63) is 0 Å². The van der Waals surface area contributed by atoms with E-state index in [4.69, 9.17) is 30.0 Å². The van der Waals surface area contributed by atoms with Crippen LogP contribution < -0.4 is 51.4 Å². The van der Waals surface area contributed by atoms with Gasteiger partial charge in [0.1, 0.15) is 0 Å². The van der Waals surface area contributed by atoms with E-state index in [1.165, 1.54) is 0 Å². The summed E-state index contributed by atoms with van der Waals surface area (Å²) in [5, 5.41) is 27.9. The maximum Gasteiger partial charge on any atom is 2.00 e. The molecule has 0 spiro atoms. The van der Waals surface area contributed by atoms with Gasteiger partial charge >= 0.3 is 177 Å². The van der Waals surface area contributed by atoms with E-state index >= 15 is 0 Å². The quantitative estimate of drug-likeness (QED) is 0.325. The summed E-state index contributed by atoms with van der Waals surface area (Å²) in [6.07, 6.45) is -3.67. The third-order valence-corrected chi connectivity index (χ3v) is 0. The van der Waals surface area contributed by atoms with Gasteiger partial charge in [-0.1, -0.05) is 0 Å². The van der Waals surface area contributed by atoms with E-state index < -0.39 is 12.3 Å². The molecule has 0 aromatic carbocycles. The van der Waals surface area contributed by atoms with Gasteiger partial charge < -0.3 is 41.4 Å². The van der Waals surface area contributed by atoms with Crippen molar-refractivity contribution < 1.29 is 102 Å². The molecule has 8 nitrogen and oxygen atoms in total. The summed E-state index contributed by atoms with van der Waals surface area (Å²) in [5.41, 5.74) is 0. The van der Waals surface area contributed by atoms with Crippen molar-refractivity contribution in [2.24, 2.45) is 0 Å². The number of hydrogen-bond donors (Lipinski definition) is 4. The van der Waals surface area contributed by atoms with Gasteiger partial charge in [0.05, 0.1) is 0 Å². The van der Waals surface area contributed by atoms with Gasteiger partial charge in [-0.25, -0.2) is 9.59 Å². The molecule has 0 aliphatic heterocycles. The number of hydrogen-bond acceptors (Lipinski definition) is 2. The summed E-state index contributed by atoms with van der Waals surface area (Å²) in [5.74, 6) is 0. The zero-order chi connectivity index (χ0) is 7.15. The normalized spacial score (nSPS) is 3.43. The molecule has 0 unspecified atom stereocenters. The van der Waals surface area contributed by atoms with Crippen molar-refractivity contribution in [1.29, 1.82) is 0 Å². The molecule has 0 aromatic heterocycles. The minimum Gasteiger partial charge on any atom is -1.00 e. The Morgan fingerprint density at radius 2 is 0.714 bits per heavy atom. The smallest absolute Gasteiger partial charge is 1.00 e. The van der Waals surface area contributed by atoms with Crippen molar-refractivity contribution in [2.45, 2.75) is 0 Å². The van der Waals surface area contributed by atoms with Crippen LogP contribution in [0.25, 0.3) is 0 Å². The largest absolute Gasteiger partial charge is 2.00 e. The van der Waals surface area contributed by atoms with E-state index in [0.29, 0.717) is 0 Å². The van der Waals surface area contributed by atoms with Gasteiger partial charge in [0.15, 0.2) is 0 Å².